The third-order valence-electron chi connectivity index (χ3n) is 3.07. The number of benzene rings is 1. The van der Waals surface area contributed by atoms with E-state index in [-0.39, 0.29) is 25.0 Å². The predicted octanol–water partition coefficient (Wildman–Crippen LogP) is 1.02. The van der Waals surface area contributed by atoms with E-state index in [9.17, 15) is 9.59 Å². The van der Waals surface area contributed by atoms with Crippen LogP contribution in [0.4, 0.5) is 0 Å². The van der Waals surface area contributed by atoms with Crippen molar-refractivity contribution in [3.63, 3.8) is 0 Å². The maximum atomic E-state index is 11.6. The van der Waals surface area contributed by atoms with Crippen molar-refractivity contribution in [3.05, 3.63) is 29.8 Å². The number of ether oxygens (including phenoxy) is 1. The van der Waals surface area contributed by atoms with E-state index >= 15 is 0 Å². The van der Waals surface area contributed by atoms with Crippen LogP contribution < -0.4 is 15.4 Å². The van der Waals surface area contributed by atoms with Gasteiger partial charge in [-0.25, -0.2) is 0 Å². The van der Waals surface area contributed by atoms with Gasteiger partial charge in [0, 0.05) is 6.04 Å². The van der Waals surface area contributed by atoms with Crippen molar-refractivity contribution in [1.29, 1.82) is 0 Å². The summed E-state index contributed by atoms with van der Waals surface area (Å²) < 4.78 is 5.39. The van der Waals surface area contributed by atoms with Crippen LogP contribution in [0, 0.1) is 0 Å². The molecule has 1 aliphatic rings. The lowest BCUT2D eigenvalue weighted by Gasteiger charge is -2.08. The fourth-order valence-corrected chi connectivity index (χ4v) is 1.74. The molecule has 2 amide bonds. The number of hydrogen-bond donors (Lipinski definition) is 2. The Balaban J connectivity index is 1.67. The van der Waals surface area contributed by atoms with Gasteiger partial charge < -0.3 is 15.4 Å². The van der Waals surface area contributed by atoms with Crippen molar-refractivity contribution in [1.82, 2.24) is 10.6 Å². The average Bonchev–Trinajstić information content (AvgIpc) is 3.27. The number of nitrogens with one attached hydrogen (secondary N) is 2. The van der Waals surface area contributed by atoms with Gasteiger partial charge in [-0.2, -0.15) is 0 Å². The van der Waals surface area contributed by atoms with Gasteiger partial charge >= 0.3 is 0 Å². The van der Waals surface area contributed by atoms with Crippen LogP contribution >= 0.6 is 0 Å². The SMILES string of the molecule is CCc1cccc(OCC(=O)NCC(=O)NC2CC2)c1. The Morgan fingerprint density at radius 2 is 2.10 bits per heavy atom. The van der Waals surface area contributed by atoms with Gasteiger partial charge in [-0.15, -0.1) is 0 Å². The molecule has 20 heavy (non-hydrogen) atoms. The van der Waals surface area contributed by atoms with E-state index in [1.807, 2.05) is 24.3 Å². The van der Waals surface area contributed by atoms with Gasteiger partial charge in [-0.3, -0.25) is 9.59 Å². The lowest BCUT2D eigenvalue weighted by Crippen LogP contribution is -2.39. The van der Waals surface area contributed by atoms with Crippen LogP contribution in [-0.4, -0.2) is 31.0 Å². The summed E-state index contributed by atoms with van der Waals surface area (Å²) in [6, 6.07) is 7.94. The molecule has 0 unspecified atom stereocenters. The third kappa shape index (κ3) is 4.91. The Morgan fingerprint density at radius 3 is 2.80 bits per heavy atom. The Kier molecular flexibility index (Phi) is 4.98. The molecular formula is C15H20N2O3. The maximum Gasteiger partial charge on any atom is 0.258 e. The highest BCUT2D eigenvalue weighted by atomic mass is 16.5. The van der Waals surface area contributed by atoms with Crippen LogP contribution in [0.15, 0.2) is 24.3 Å². The highest BCUT2D eigenvalue weighted by molar-refractivity contribution is 5.85. The van der Waals surface area contributed by atoms with Crippen molar-refractivity contribution >= 4 is 11.8 Å². The molecule has 0 heterocycles. The lowest BCUT2D eigenvalue weighted by atomic mass is 10.2. The van der Waals surface area contributed by atoms with Gasteiger partial charge in [0.2, 0.25) is 5.91 Å². The molecule has 2 rings (SSSR count). The topological polar surface area (TPSA) is 67.4 Å². The summed E-state index contributed by atoms with van der Waals surface area (Å²) in [4.78, 5) is 22.9. The Morgan fingerprint density at radius 1 is 1.30 bits per heavy atom. The molecule has 2 N–H and O–H groups in total. The molecule has 0 bridgehead atoms. The van der Waals surface area contributed by atoms with Crippen LogP contribution in [-0.2, 0) is 16.0 Å². The summed E-state index contributed by atoms with van der Waals surface area (Å²) in [5, 5.41) is 5.34. The molecule has 1 aromatic rings. The van der Waals surface area contributed by atoms with E-state index in [1.54, 1.807) is 0 Å². The first-order chi connectivity index (χ1) is 9.67. The van der Waals surface area contributed by atoms with Crippen molar-refractivity contribution in [3.8, 4) is 5.75 Å². The van der Waals surface area contributed by atoms with E-state index in [2.05, 4.69) is 17.6 Å². The first-order valence-electron chi connectivity index (χ1n) is 6.95. The summed E-state index contributed by atoms with van der Waals surface area (Å²) >= 11 is 0. The smallest absolute Gasteiger partial charge is 0.258 e. The van der Waals surface area contributed by atoms with Crippen LogP contribution in [0.5, 0.6) is 5.75 Å². The number of rotatable bonds is 7. The van der Waals surface area contributed by atoms with Gasteiger partial charge in [0.15, 0.2) is 6.61 Å². The van der Waals surface area contributed by atoms with Crippen LogP contribution in [0.1, 0.15) is 25.3 Å². The molecule has 1 aromatic carbocycles. The lowest BCUT2D eigenvalue weighted by molar-refractivity contribution is -0.127. The number of hydrogen-bond acceptors (Lipinski definition) is 3. The minimum Gasteiger partial charge on any atom is -0.484 e. The molecule has 0 atom stereocenters. The third-order valence-corrected chi connectivity index (χ3v) is 3.07. The zero-order valence-electron chi connectivity index (χ0n) is 11.6. The minimum atomic E-state index is -0.294. The summed E-state index contributed by atoms with van der Waals surface area (Å²) in [5.41, 5.74) is 1.16. The highest BCUT2D eigenvalue weighted by Crippen LogP contribution is 2.18. The molecule has 0 aliphatic heterocycles. The largest absolute Gasteiger partial charge is 0.484 e. The normalized spacial score (nSPS) is 13.7. The first-order valence-corrected chi connectivity index (χ1v) is 6.95. The monoisotopic (exact) mass is 276 g/mol. The maximum absolute atomic E-state index is 11.6. The first kappa shape index (κ1) is 14.4. The molecular weight excluding hydrogens is 256 g/mol. The highest BCUT2D eigenvalue weighted by Gasteiger charge is 2.23. The number of aryl methyl sites for hydroxylation is 1. The second-order valence-corrected chi connectivity index (χ2v) is 4.91. The standard InChI is InChI=1S/C15H20N2O3/c1-2-11-4-3-5-13(8-11)20-10-15(19)16-9-14(18)17-12-6-7-12/h3-5,8,12H,2,6-7,9-10H2,1H3,(H,16,19)(H,17,18). The fraction of sp³-hybridized carbons (Fsp3) is 0.467. The molecule has 108 valence electrons. The Labute approximate surface area is 118 Å². The second-order valence-electron chi connectivity index (χ2n) is 4.91. The van der Waals surface area contributed by atoms with Crippen LogP contribution in [0.3, 0.4) is 0 Å². The van der Waals surface area contributed by atoms with Crippen LogP contribution in [0.25, 0.3) is 0 Å². The number of carbonyl (C=O) groups is 2. The van der Waals surface area contributed by atoms with Crippen molar-refractivity contribution in [2.45, 2.75) is 32.2 Å². The van der Waals surface area contributed by atoms with Gasteiger partial charge in [-0.1, -0.05) is 19.1 Å². The Bertz CT molecular complexity index is 484. The van der Waals surface area contributed by atoms with Gasteiger partial charge in [0.1, 0.15) is 5.75 Å². The summed E-state index contributed by atoms with van der Waals surface area (Å²) in [7, 11) is 0. The zero-order valence-corrected chi connectivity index (χ0v) is 11.6. The average molecular weight is 276 g/mol. The molecule has 5 heteroatoms. The fourth-order valence-electron chi connectivity index (χ4n) is 1.74. The number of carbonyl (C=O) groups excluding carboxylic acids is 2. The van der Waals surface area contributed by atoms with Crippen LogP contribution in [0.2, 0.25) is 0 Å². The molecule has 5 nitrogen and oxygen atoms in total. The van der Waals surface area contributed by atoms with Gasteiger partial charge in [-0.05, 0) is 37.0 Å². The zero-order chi connectivity index (χ0) is 14.4. The van der Waals surface area contributed by atoms with Gasteiger partial charge in [0.25, 0.3) is 5.91 Å². The molecule has 1 aliphatic carbocycles. The van der Waals surface area contributed by atoms with E-state index < -0.39 is 0 Å². The molecule has 0 aromatic heterocycles. The summed E-state index contributed by atoms with van der Waals surface area (Å²) in [6.07, 6.45) is 3.00. The molecule has 1 saturated carbocycles. The second kappa shape index (κ2) is 6.93. The van der Waals surface area contributed by atoms with E-state index in [1.165, 1.54) is 0 Å². The summed E-state index contributed by atoms with van der Waals surface area (Å²) in [5.74, 6) is 0.230. The molecule has 0 spiro atoms. The van der Waals surface area contributed by atoms with Crippen molar-refractivity contribution in [2.24, 2.45) is 0 Å². The van der Waals surface area contributed by atoms with Crippen molar-refractivity contribution in [2.75, 3.05) is 13.2 Å². The van der Waals surface area contributed by atoms with Crippen molar-refractivity contribution < 1.29 is 14.3 Å². The predicted molar refractivity (Wildman–Crippen MR) is 75.5 cm³/mol. The van der Waals surface area contributed by atoms with Gasteiger partial charge in [0.05, 0.1) is 6.54 Å². The quantitative estimate of drug-likeness (QED) is 0.781. The van der Waals surface area contributed by atoms with E-state index in [4.69, 9.17) is 4.74 Å². The number of amides is 2. The van der Waals surface area contributed by atoms with E-state index in [0.29, 0.717) is 11.8 Å². The molecule has 0 radical (unpaired) electrons. The molecule has 1 fully saturated rings. The summed E-state index contributed by atoms with van der Waals surface area (Å²) in [6.45, 7) is 1.99. The molecule has 0 saturated heterocycles. The minimum absolute atomic E-state index is 0.00763. The van der Waals surface area contributed by atoms with E-state index in [0.717, 1.165) is 24.8 Å². The Hall–Kier alpha value is -2.04.